The number of hydrogen-bond donors (Lipinski definition) is 2. The number of hydrogen-bond acceptors (Lipinski definition) is 2. The maximum Gasteiger partial charge on any atom is 0.248 e. The Morgan fingerprint density at radius 3 is 2.53 bits per heavy atom. The van der Waals surface area contributed by atoms with Gasteiger partial charge in [-0.05, 0) is 49.3 Å². The molecule has 100 valence electrons. The van der Waals surface area contributed by atoms with Crippen LogP contribution in [0.15, 0.2) is 18.2 Å². The molecular weight excluding hydrogens is 264 g/mol. The maximum absolute atomic E-state index is 12.1. The van der Waals surface area contributed by atoms with Crippen LogP contribution in [-0.4, -0.2) is 11.8 Å². The molecule has 2 atom stereocenters. The van der Waals surface area contributed by atoms with E-state index < -0.39 is 5.91 Å². The SMILES string of the molecule is NC(=O)c1ccc(Cl)c(NC(=O)C2CC3CC3C2)c1. The van der Waals surface area contributed by atoms with Crippen LogP contribution in [0.4, 0.5) is 5.69 Å². The third-order valence-corrected chi connectivity index (χ3v) is 4.45. The molecule has 2 aliphatic carbocycles. The first-order chi connectivity index (χ1) is 9.04. The number of nitrogens with one attached hydrogen (secondary N) is 1. The van der Waals surface area contributed by atoms with Gasteiger partial charge in [-0.1, -0.05) is 11.6 Å². The largest absolute Gasteiger partial charge is 0.366 e. The molecule has 2 unspecified atom stereocenters. The predicted octanol–water partition coefficient (Wildman–Crippen LogP) is 2.42. The fraction of sp³-hybridized carbons (Fsp3) is 0.429. The summed E-state index contributed by atoms with van der Waals surface area (Å²) in [5.41, 5.74) is 6.02. The van der Waals surface area contributed by atoms with Crippen molar-refractivity contribution >= 4 is 29.1 Å². The number of fused-ring (bicyclic) bond motifs is 1. The number of benzene rings is 1. The molecule has 0 aromatic heterocycles. The Kier molecular flexibility index (Phi) is 2.97. The molecule has 0 spiro atoms. The molecule has 1 aromatic rings. The van der Waals surface area contributed by atoms with E-state index in [-0.39, 0.29) is 11.8 Å². The van der Waals surface area contributed by atoms with Gasteiger partial charge < -0.3 is 11.1 Å². The van der Waals surface area contributed by atoms with Gasteiger partial charge in [0.1, 0.15) is 0 Å². The zero-order valence-electron chi connectivity index (χ0n) is 10.4. The summed E-state index contributed by atoms with van der Waals surface area (Å²) in [6.07, 6.45) is 3.23. The summed E-state index contributed by atoms with van der Waals surface area (Å²) in [5, 5.41) is 3.23. The summed E-state index contributed by atoms with van der Waals surface area (Å²) in [4.78, 5) is 23.2. The first-order valence-corrected chi connectivity index (χ1v) is 6.82. The Bertz CT molecular complexity index is 548. The summed E-state index contributed by atoms with van der Waals surface area (Å²) >= 11 is 6.02. The van der Waals surface area contributed by atoms with Crippen molar-refractivity contribution in [3.8, 4) is 0 Å². The van der Waals surface area contributed by atoms with Crippen LogP contribution in [0.3, 0.4) is 0 Å². The Morgan fingerprint density at radius 1 is 1.21 bits per heavy atom. The van der Waals surface area contributed by atoms with Crippen LogP contribution in [0, 0.1) is 17.8 Å². The quantitative estimate of drug-likeness (QED) is 0.891. The van der Waals surface area contributed by atoms with E-state index in [4.69, 9.17) is 17.3 Å². The van der Waals surface area contributed by atoms with Gasteiger partial charge in [0.15, 0.2) is 0 Å². The van der Waals surface area contributed by atoms with Gasteiger partial charge in [0.25, 0.3) is 0 Å². The number of halogens is 1. The second kappa shape index (κ2) is 4.53. The number of amides is 2. The Labute approximate surface area is 116 Å². The van der Waals surface area contributed by atoms with Gasteiger partial charge in [-0.3, -0.25) is 9.59 Å². The molecule has 0 bridgehead atoms. The molecule has 2 aliphatic rings. The van der Waals surface area contributed by atoms with Crippen molar-refractivity contribution in [2.24, 2.45) is 23.5 Å². The highest BCUT2D eigenvalue weighted by Gasteiger charge is 2.48. The van der Waals surface area contributed by atoms with Crippen LogP contribution < -0.4 is 11.1 Å². The summed E-state index contributed by atoms with van der Waals surface area (Å²) in [6, 6.07) is 4.65. The van der Waals surface area contributed by atoms with Crippen LogP contribution in [0.2, 0.25) is 5.02 Å². The van der Waals surface area contributed by atoms with Crippen molar-refractivity contribution in [2.75, 3.05) is 5.32 Å². The monoisotopic (exact) mass is 278 g/mol. The highest BCUT2D eigenvalue weighted by molar-refractivity contribution is 6.33. The summed E-state index contributed by atoms with van der Waals surface area (Å²) in [7, 11) is 0. The molecule has 2 fully saturated rings. The van der Waals surface area contributed by atoms with E-state index in [9.17, 15) is 9.59 Å². The van der Waals surface area contributed by atoms with Gasteiger partial charge in [-0.15, -0.1) is 0 Å². The minimum Gasteiger partial charge on any atom is -0.366 e. The molecule has 5 heteroatoms. The molecule has 19 heavy (non-hydrogen) atoms. The van der Waals surface area contributed by atoms with Crippen molar-refractivity contribution in [3.63, 3.8) is 0 Å². The molecular formula is C14H15ClN2O2. The minimum atomic E-state index is -0.533. The number of primary amides is 1. The van der Waals surface area contributed by atoms with E-state index in [0.29, 0.717) is 16.3 Å². The lowest BCUT2D eigenvalue weighted by Gasteiger charge is -2.13. The van der Waals surface area contributed by atoms with Crippen molar-refractivity contribution in [2.45, 2.75) is 19.3 Å². The van der Waals surface area contributed by atoms with Crippen LogP contribution in [0.5, 0.6) is 0 Å². The highest BCUT2D eigenvalue weighted by Crippen LogP contribution is 2.54. The van der Waals surface area contributed by atoms with Gasteiger partial charge in [0, 0.05) is 11.5 Å². The zero-order valence-corrected chi connectivity index (χ0v) is 11.1. The van der Waals surface area contributed by atoms with Gasteiger partial charge in [-0.2, -0.15) is 0 Å². The minimum absolute atomic E-state index is 0.00396. The number of nitrogens with two attached hydrogens (primary N) is 1. The zero-order chi connectivity index (χ0) is 13.6. The molecule has 4 nitrogen and oxygen atoms in total. The van der Waals surface area contributed by atoms with Gasteiger partial charge in [0.05, 0.1) is 10.7 Å². The van der Waals surface area contributed by atoms with Crippen molar-refractivity contribution in [1.29, 1.82) is 0 Å². The maximum atomic E-state index is 12.1. The molecule has 1 aromatic carbocycles. The Hall–Kier alpha value is -1.55. The normalized spacial score (nSPS) is 27.7. The van der Waals surface area contributed by atoms with Crippen LogP contribution in [0.1, 0.15) is 29.6 Å². The Balaban J connectivity index is 1.73. The van der Waals surface area contributed by atoms with Gasteiger partial charge in [0.2, 0.25) is 11.8 Å². The van der Waals surface area contributed by atoms with Crippen molar-refractivity contribution < 1.29 is 9.59 Å². The molecule has 0 heterocycles. The molecule has 0 radical (unpaired) electrons. The lowest BCUT2D eigenvalue weighted by atomic mass is 10.0. The molecule has 3 rings (SSSR count). The molecule has 2 saturated carbocycles. The molecule has 0 saturated heterocycles. The first kappa shape index (κ1) is 12.5. The molecule has 0 aliphatic heterocycles. The smallest absolute Gasteiger partial charge is 0.248 e. The van der Waals surface area contributed by atoms with Crippen LogP contribution in [0.25, 0.3) is 0 Å². The standard InChI is InChI=1S/C14H15ClN2O2/c15-11-2-1-7(13(16)18)6-12(11)17-14(19)10-4-8-3-9(8)5-10/h1-2,6,8-10H,3-5H2,(H2,16,18)(H,17,19). The van der Waals surface area contributed by atoms with Crippen molar-refractivity contribution in [3.05, 3.63) is 28.8 Å². The predicted molar refractivity (Wildman–Crippen MR) is 72.9 cm³/mol. The van der Waals surface area contributed by atoms with E-state index in [0.717, 1.165) is 24.7 Å². The van der Waals surface area contributed by atoms with Crippen molar-refractivity contribution in [1.82, 2.24) is 0 Å². The van der Waals surface area contributed by atoms with E-state index in [2.05, 4.69) is 5.32 Å². The summed E-state index contributed by atoms with van der Waals surface area (Å²) in [5.74, 6) is 1.05. The van der Waals surface area contributed by atoms with Gasteiger partial charge >= 0.3 is 0 Å². The molecule has 3 N–H and O–H groups in total. The first-order valence-electron chi connectivity index (χ1n) is 6.45. The van der Waals surface area contributed by atoms with E-state index in [1.807, 2.05) is 0 Å². The van der Waals surface area contributed by atoms with Crippen LogP contribution >= 0.6 is 11.6 Å². The summed E-state index contributed by atoms with van der Waals surface area (Å²) < 4.78 is 0. The van der Waals surface area contributed by atoms with Crippen LogP contribution in [-0.2, 0) is 4.79 Å². The fourth-order valence-corrected chi connectivity index (χ4v) is 3.10. The van der Waals surface area contributed by atoms with Gasteiger partial charge in [-0.25, -0.2) is 0 Å². The number of carbonyl (C=O) groups is 2. The second-order valence-corrected chi connectivity index (χ2v) is 5.88. The Morgan fingerprint density at radius 2 is 1.89 bits per heavy atom. The van der Waals surface area contributed by atoms with E-state index >= 15 is 0 Å². The second-order valence-electron chi connectivity index (χ2n) is 5.47. The molecule has 2 amide bonds. The highest BCUT2D eigenvalue weighted by atomic mass is 35.5. The number of carbonyl (C=O) groups excluding carboxylic acids is 2. The fourth-order valence-electron chi connectivity index (χ4n) is 2.94. The number of anilines is 1. The lowest BCUT2D eigenvalue weighted by Crippen LogP contribution is -2.22. The average molecular weight is 279 g/mol. The topological polar surface area (TPSA) is 72.2 Å². The lowest BCUT2D eigenvalue weighted by molar-refractivity contribution is -0.120. The van der Waals surface area contributed by atoms with E-state index in [1.54, 1.807) is 12.1 Å². The third-order valence-electron chi connectivity index (χ3n) is 4.12. The average Bonchev–Trinajstić information content (AvgIpc) is 2.98. The summed E-state index contributed by atoms with van der Waals surface area (Å²) in [6.45, 7) is 0. The number of rotatable bonds is 3. The van der Waals surface area contributed by atoms with E-state index in [1.165, 1.54) is 12.5 Å². The third kappa shape index (κ3) is 2.45.